The molecule has 0 bridgehead atoms. The molecule has 0 aromatic heterocycles. The van der Waals surface area contributed by atoms with Crippen LogP contribution in [-0.4, -0.2) is 6.18 Å². The van der Waals surface area contributed by atoms with Crippen molar-refractivity contribution in [2.45, 2.75) is 19.0 Å². The van der Waals surface area contributed by atoms with E-state index < -0.39 is 6.18 Å². The lowest BCUT2D eigenvalue weighted by molar-refractivity contribution is -0.0997. The Hall–Kier alpha value is -0.210. The first-order chi connectivity index (χ1) is 3.58. The van der Waals surface area contributed by atoms with Gasteiger partial charge in [0.15, 0.2) is 0 Å². The maximum absolute atomic E-state index is 11.3. The van der Waals surface area contributed by atoms with E-state index in [2.05, 4.69) is 0 Å². The highest BCUT2D eigenvalue weighted by Crippen LogP contribution is 2.38. The van der Waals surface area contributed by atoms with E-state index in [4.69, 9.17) is 0 Å². The molecule has 3 heteroatoms. The highest BCUT2D eigenvalue weighted by atomic mass is 19.4. The molecule has 8 heavy (non-hydrogen) atoms. The molecular weight excluding hydrogens is 117 g/mol. The Morgan fingerprint density at radius 2 is 1.75 bits per heavy atom. The Labute approximate surface area is 45.7 Å². The fourth-order valence-electron chi connectivity index (χ4n) is 0.530. The predicted octanol–water partition coefficient (Wildman–Crippen LogP) is 2.16. The van der Waals surface area contributed by atoms with Crippen molar-refractivity contribution >= 4 is 0 Å². The van der Waals surface area contributed by atoms with E-state index in [0.717, 1.165) is 12.8 Å². The normalized spacial score (nSPS) is 21.4. The average molecular weight is 123 g/mol. The Morgan fingerprint density at radius 3 is 1.88 bits per heavy atom. The summed E-state index contributed by atoms with van der Waals surface area (Å²) in [5.74, 6) is -0.157. The van der Waals surface area contributed by atoms with Gasteiger partial charge in [0.2, 0.25) is 0 Å². The summed E-state index contributed by atoms with van der Waals surface area (Å²) >= 11 is 0. The lowest BCUT2D eigenvalue weighted by atomic mass is 10.3. The molecule has 1 rings (SSSR count). The van der Waals surface area contributed by atoms with E-state index in [-0.39, 0.29) is 5.92 Å². The Morgan fingerprint density at radius 1 is 1.25 bits per heavy atom. The summed E-state index contributed by atoms with van der Waals surface area (Å²) in [5.41, 5.74) is 0. The van der Waals surface area contributed by atoms with Crippen molar-refractivity contribution in [3.05, 3.63) is 6.42 Å². The van der Waals surface area contributed by atoms with E-state index in [1.54, 1.807) is 0 Å². The smallest absolute Gasteiger partial charge is 0.171 e. The first-order valence-electron chi connectivity index (χ1n) is 2.51. The van der Waals surface area contributed by atoms with Gasteiger partial charge < -0.3 is 0 Å². The second-order valence-electron chi connectivity index (χ2n) is 2.05. The maximum atomic E-state index is 11.3. The quantitative estimate of drug-likeness (QED) is 0.501. The second kappa shape index (κ2) is 1.64. The zero-order valence-electron chi connectivity index (χ0n) is 4.20. The summed E-state index contributed by atoms with van der Waals surface area (Å²) in [6, 6.07) is 0. The molecule has 0 heterocycles. The maximum Gasteiger partial charge on any atom is 0.392 e. The van der Waals surface area contributed by atoms with Crippen LogP contribution in [0.25, 0.3) is 0 Å². The molecule has 0 aliphatic heterocycles. The average Bonchev–Trinajstić information content (AvgIpc) is 2.12. The van der Waals surface area contributed by atoms with Crippen LogP contribution in [0, 0.1) is 12.3 Å². The zero-order chi connectivity index (χ0) is 6.20. The van der Waals surface area contributed by atoms with Crippen LogP contribution in [0.15, 0.2) is 0 Å². The highest BCUT2D eigenvalue weighted by molar-refractivity contribution is 4.91. The number of hydrogen-bond acceptors (Lipinski definition) is 0. The first kappa shape index (κ1) is 5.92. The van der Waals surface area contributed by atoms with Crippen LogP contribution >= 0.6 is 0 Å². The Bertz CT molecular complexity index is 80.2. The Kier molecular flexibility index (Phi) is 1.21. The topological polar surface area (TPSA) is 0 Å². The summed E-state index contributed by atoms with van der Waals surface area (Å²) in [7, 11) is 0. The summed E-state index contributed by atoms with van der Waals surface area (Å²) < 4.78 is 33.9. The molecule has 0 nitrogen and oxygen atoms in total. The van der Waals surface area contributed by atoms with Crippen molar-refractivity contribution in [3.8, 4) is 0 Å². The summed E-state index contributed by atoms with van der Waals surface area (Å²) in [6.45, 7) is 0. The molecule has 0 unspecified atom stereocenters. The van der Waals surface area contributed by atoms with Gasteiger partial charge in [-0.25, -0.2) is 0 Å². The van der Waals surface area contributed by atoms with Gasteiger partial charge in [-0.1, -0.05) is 0 Å². The van der Waals surface area contributed by atoms with Crippen LogP contribution < -0.4 is 0 Å². The van der Waals surface area contributed by atoms with Crippen LogP contribution in [-0.2, 0) is 0 Å². The minimum Gasteiger partial charge on any atom is -0.171 e. The number of rotatable bonds is 1. The van der Waals surface area contributed by atoms with E-state index in [0.29, 0.717) is 6.42 Å². The van der Waals surface area contributed by atoms with Crippen molar-refractivity contribution in [2.24, 2.45) is 5.92 Å². The third-order valence-electron chi connectivity index (χ3n) is 1.05. The minimum atomic E-state index is -4.04. The van der Waals surface area contributed by atoms with Gasteiger partial charge in [-0.3, -0.25) is 0 Å². The van der Waals surface area contributed by atoms with E-state index in [1.165, 1.54) is 0 Å². The van der Waals surface area contributed by atoms with E-state index in [9.17, 15) is 13.2 Å². The first-order valence-corrected chi connectivity index (χ1v) is 2.51. The van der Waals surface area contributed by atoms with Crippen LogP contribution in [0.3, 0.4) is 0 Å². The number of hydrogen-bond donors (Lipinski definition) is 0. The predicted molar refractivity (Wildman–Crippen MR) is 23.1 cm³/mol. The molecular formula is C5H6F3. The van der Waals surface area contributed by atoms with Gasteiger partial charge in [-0.05, 0) is 18.8 Å². The SMILES string of the molecule is FC(F)(F)[CH]C1CC1. The third kappa shape index (κ3) is 2.19. The fourth-order valence-corrected chi connectivity index (χ4v) is 0.530. The monoisotopic (exact) mass is 123 g/mol. The summed E-state index contributed by atoms with van der Waals surface area (Å²) in [5, 5.41) is 0. The van der Waals surface area contributed by atoms with Crippen molar-refractivity contribution in [3.63, 3.8) is 0 Å². The zero-order valence-corrected chi connectivity index (χ0v) is 4.20. The molecule has 0 aromatic carbocycles. The summed E-state index contributed by atoms with van der Waals surface area (Å²) in [4.78, 5) is 0. The molecule has 47 valence electrons. The molecule has 0 atom stereocenters. The van der Waals surface area contributed by atoms with Crippen LogP contribution in [0.5, 0.6) is 0 Å². The number of alkyl halides is 3. The highest BCUT2D eigenvalue weighted by Gasteiger charge is 2.37. The fraction of sp³-hybridized carbons (Fsp3) is 0.800. The lowest BCUT2D eigenvalue weighted by Crippen LogP contribution is -2.08. The minimum absolute atomic E-state index is 0.157. The van der Waals surface area contributed by atoms with Crippen LogP contribution in [0.1, 0.15) is 12.8 Å². The summed E-state index contributed by atoms with van der Waals surface area (Å²) in [6.07, 6.45) is -2.13. The van der Waals surface area contributed by atoms with Gasteiger partial charge in [0, 0.05) is 0 Å². The van der Waals surface area contributed by atoms with Gasteiger partial charge in [0.1, 0.15) is 0 Å². The van der Waals surface area contributed by atoms with Gasteiger partial charge in [-0.15, -0.1) is 0 Å². The van der Waals surface area contributed by atoms with Crippen molar-refractivity contribution in [2.75, 3.05) is 0 Å². The van der Waals surface area contributed by atoms with Crippen molar-refractivity contribution < 1.29 is 13.2 Å². The molecule has 0 spiro atoms. The van der Waals surface area contributed by atoms with Crippen molar-refractivity contribution in [1.82, 2.24) is 0 Å². The van der Waals surface area contributed by atoms with E-state index in [1.807, 2.05) is 0 Å². The second-order valence-corrected chi connectivity index (χ2v) is 2.05. The van der Waals surface area contributed by atoms with Gasteiger partial charge in [0.25, 0.3) is 0 Å². The molecule has 1 aliphatic rings. The van der Waals surface area contributed by atoms with Crippen molar-refractivity contribution in [1.29, 1.82) is 0 Å². The van der Waals surface area contributed by atoms with Crippen LogP contribution in [0.2, 0.25) is 0 Å². The molecule has 0 aromatic rings. The van der Waals surface area contributed by atoms with E-state index >= 15 is 0 Å². The Balaban J connectivity index is 2.16. The molecule has 1 saturated carbocycles. The number of halogens is 3. The van der Waals surface area contributed by atoms with Gasteiger partial charge in [-0.2, -0.15) is 13.2 Å². The lowest BCUT2D eigenvalue weighted by Gasteiger charge is -2.01. The molecule has 0 amide bonds. The molecule has 1 radical (unpaired) electrons. The molecule has 1 aliphatic carbocycles. The van der Waals surface area contributed by atoms with Gasteiger partial charge >= 0.3 is 6.18 Å². The van der Waals surface area contributed by atoms with Gasteiger partial charge in [0.05, 0.1) is 6.42 Å². The molecule has 0 saturated heterocycles. The third-order valence-corrected chi connectivity index (χ3v) is 1.05. The largest absolute Gasteiger partial charge is 0.392 e. The molecule has 0 N–H and O–H groups in total. The van der Waals surface area contributed by atoms with Crippen LogP contribution in [0.4, 0.5) is 13.2 Å². The molecule has 1 fully saturated rings. The standard InChI is InChI=1S/C5H6F3/c6-5(7,8)3-4-1-2-4/h3-4H,1-2H2.